The van der Waals surface area contributed by atoms with E-state index in [0.717, 1.165) is 30.0 Å². The highest BCUT2D eigenvalue weighted by atomic mass is 16.5. The Labute approximate surface area is 65.0 Å². The lowest BCUT2D eigenvalue weighted by molar-refractivity contribution is 0.127. The standard InChI is InChI=1S/C7H11N3O/c1-9-3-2-6-4-8-10(11)7(6)5-9/h4,11H,2-3,5H2,1H3. The van der Waals surface area contributed by atoms with Crippen molar-refractivity contribution in [2.45, 2.75) is 13.0 Å². The van der Waals surface area contributed by atoms with E-state index in [2.05, 4.69) is 10.00 Å². The molecule has 0 spiro atoms. The maximum absolute atomic E-state index is 9.19. The molecule has 2 heterocycles. The zero-order valence-corrected chi connectivity index (χ0v) is 6.49. The second kappa shape index (κ2) is 2.23. The first kappa shape index (κ1) is 6.67. The summed E-state index contributed by atoms with van der Waals surface area (Å²) in [6.45, 7) is 1.85. The zero-order valence-electron chi connectivity index (χ0n) is 6.49. The van der Waals surface area contributed by atoms with Crippen molar-refractivity contribution in [1.29, 1.82) is 0 Å². The van der Waals surface area contributed by atoms with Crippen molar-refractivity contribution in [2.24, 2.45) is 0 Å². The van der Waals surface area contributed by atoms with E-state index in [1.54, 1.807) is 6.20 Å². The van der Waals surface area contributed by atoms with Crippen LogP contribution in [0.1, 0.15) is 11.3 Å². The molecule has 11 heavy (non-hydrogen) atoms. The highest BCUT2D eigenvalue weighted by Gasteiger charge is 2.17. The first-order valence-corrected chi connectivity index (χ1v) is 3.71. The molecular weight excluding hydrogens is 142 g/mol. The van der Waals surface area contributed by atoms with E-state index < -0.39 is 0 Å². The maximum atomic E-state index is 9.19. The molecule has 1 aliphatic rings. The van der Waals surface area contributed by atoms with Crippen LogP contribution in [0, 0.1) is 0 Å². The second-order valence-corrected chi connectivity index (χ2v) is 2.99. The van der Waals surface area contributed by atoms with Gasteiger partial charge in [0.05, 0.1) is 11.9 Å². The van der Waals surface area contributed by atoms with Gasteiger partial charge >= 0.3 is 0 Å². The second-order valence-electron chi connectivity index (χ2n) is 2.99. The van der Waals surface area contributed by atoms with Crippen LogP contribution in [0.3, 0.4) is 0 Å². The number of hydrogen-bond donors (Lipinski definition) is 1. The third-order valence-electron chi connectivity index (χ3n) is 2.12. The smallest absolute Gasteiger partial charge is 0.0970 e. The van der Waals surface area contributed by atoms with Crippen LogP contribution in [0.4, 0.5) is 0 Å². The predicted molar refractivity (Wildman–Crippen MR) is 39.4 cm³/mol. The third kappa shape index (κ3) is 0.991. The fourth-order valence-corrected chi connectivity index (χ4v) is 1.42. The number of likely N-dealkylation sites (N-methyl/N-ethyl adjacent to an activating group) is 1. The van der Waals surface area contributed by atoms with Crippen molar-refractivity contribution in [3.63, 3.8) is 0 Å². The monoisotopic (exact) mass is 153 g/mol. The van der Waals surface area contributed by atoms with Crippen LogP contribution in [0.2, 0.25) is 0 Å². The Bertz CT molecular complexity index is 269. The van der Waals surface area contributed by atoms with Gasteiger partial charge in [-0.15, -0.1) is 9.94 Å². The molecule has 0 saturated carbocycles. The topological polar surface area (TPSA) is 41.3 Å². The summed E-state index contributed by atoms with van der Waals surface area (Å²) in [4.78, 5) is 3.14. The Hall–Kier alpha value is -1.03. The van der Waals surface area contributed by atoms with E-state index in [0.29, 0.717) is 0 Å². The van der Waals surface area contributed by atoms with Crippen LogP contribution in [-0.4, -0.2) is 33.6 Å². The largest absolute Gasteiger partial charge is 0.411 e. The molecular formula is C7H11N3O. The average molecular weight is 153 g/mol. The van der Waals surface area contributed by atoms with Gasteiger partial charge in [-0.05, 0) is 19.0 Å². The number of rotatable bonds is 0. The Morgan fingerprint density at radius 1 is 1.64 bits per heavy atom. The molecule has 0 aromatic carbocycles. The van der Waals surface area contributed by atoms with Crippen LogP contribution in [0.15, 0.2) is 6.20 Å². The molecule has 1 aromatic heterocycles. The third-order valence-corrected chi connectivity index (χ3v) is 2.12. The fourth-order valence-electron chi connectivity index (χ4n) is 1.42. The zero-order chi connectivity index (χ0) is 7.84. The maximum Gasteiger partial charge on any atom is 0.0970 e. The van der Waals surface area contributed by atoms with Gasteiger partial charge in [0, 0.05) is 13.1 Å². The van der Waals surface area contributed by atoms with Crippen LogP contribution >= 0.6 is 0 Å². The quantitative estimate of drug-likeness (QED) is 0.538. The Kier molecular flexibility index (Phi) is 1.35. The summed E-state index contributed by atoms with van der Waals surface area (Å²) in [6.07, 6.45) is 2.73. The summed E-state index contributed by atoms with van der Waals surface area (Å²) in [6, 6.07) is 0. The molecule has 0 bridgehead atoms. The molecule has 0 aliphatic carbocycles. The molecule has 4 heteroatoms. The van der Waals surface area contributed by atoms with Crippen molar-refractivity contribution >= 4 is 0 Å². The fraction of sp³-hybridized carbons (Fsp3) is 0.571. The lowest BCUT2D eigenvalue weighted by Gasteiger charge is -2.21. The van der Waals surface area contributed by atoms with E-state index >= 15 is 0 Å². The summed E-state index contributed by atoms with van der Waals surface area (Å²) in [5.41, 5.74) is 2.10. The number of nitrogens with zero attached hydrogens (tertiary/aromatic N) is 3. The van der Waals surface area contributed by atoms with Gasteiger partial charge in [0.25, 0.3) is 0 Å². The number of hydrogen-bond acceptors (Lipinski definition) is 3. The summed E-state index contributed by atoms with van der Waals surface area (Å²) < 4.78 is 0. The van der Waals surface area contributed by atoms with E-state index in [-0.39, 0.29) is 0 Å². The van der Waals surface area contributed by atoms with Crippen LogP contribution in [-0.2, 0) is 13.0 Å². The lowest BCUT2D eigenvalue weighted by atomic mass is 10.1. The van der Waals surface area contributed by atoms with Gasteiger partial charge in [-0.2, -0.15) is 0 Å². The molecule has 0 atom stereocenters. The lowest BCUT2D eigenvalue weighted by Crippen LogP contribution is -2.27. The van der Waals surface area contributed by atoms with Crippen molar-refractivity contribution in [3.05, 3.63) is 17.5 Å². The van der Waals surface area contributed by atoms with Gasteiger partial charge in [-0.25, -0.2) is 0 Å². The van der Waals surface area contributed by atoms with E-state index in [4.69, 9.17) is 0 Å². The summed E-state index contributed by atoms with van der Waals surface area (Å²) in [5, 5.41) is 13.0. The van der Waals surface area contributed by atoms with E-state index in [1.165, 1.54) is 5.56 Å². The Morgan fingerprint density at radius 2 is 2.45 bits per heavy atom. The molecule has 1 N–H and O–H groups in total. The van der Waals surface area contributed by atoms with Crippen molar-refractivity contribution in [3.8, 4) is 0 Å². The minimum Gasteiger partial charge on any atom is -0.411 e. The SMILES string of the molecule is CN1CCc2cnn(O)c2C1. The highest BCUT2D eigenvalue weighted by Crippen LogP contribution is 2.15. The molecule has 0 radical (unpaired) electrons. The van der Waals surface area contributed by atoms with Gasteiger partial charge in [0.1, 0.15) is 0 Å². The Morgan fingerprint density at radius 3 is 3.27 bits per heavy atom. The summed E-state index contributed by atoms with van der Waals surface area (Å²) >= 11 is 0. The van der Waals surface area contributed by atoms with Gasteiger partial charge in [-0.1, -0.05) is 0 Å². The normalized spacial score (nSPS) is 18.3. The van der Waals surface area contributed by atoms with E-state index in [9.17, 15) is 5.21 Å². The molecule has 0 fully saturated rings. The molecule has 1 aliphatic heterocycles. The average Bonchev–Trinajstić information content (AvgIpc) is 2.33. The molecule has 0 saturated heterocycles. The molecule has 4 nitrogen and oxygen atoms in total. The van der Waals surface area contributed by atoms with Crippen LogP contribution in [0.5, 0.6) is 0 Å². The van der Waals surface area contributed by atoms with Gasteiger partial charge in [0.15, 0.2) is 0 Å². The first-order chi connectivity index (χ1) is 5.27. The molecule has 0 amide bonds. The van der Waals surface area contributed by atoms with Crippen molar-refractivity contribution in [1.82, 2.24) is 14.8 Å². The van der Waals surface area contributed by atoms with Crippen molar-refractivity contribution < 1.29 is 5.21 Å². The first-order valence-electron chi connectivity index (χ1n) is 3.71. The highest BCUT2D eigenvalue weighted by molar-refractivity contribution is 5.19. The van der Waals surface area contributed by atoms with E-state index in [1.807, 2.05) is 7.05 Å². The molecule has 2 rings (SSSR count). The summed E-state index contributed by atoms with van der Waals surface area (Å²) in [7, 11) is 2.04. The van der Waals surface area contributed by atoms with Crippen molar-refractivity contribution in [2.75, 3.05) is 13.6 Å². The van der Waals surface area contributed by atoms with Gasteiger partial charge in [-0.3, -0.25) is 0 Å². The molecule has 60 valence electrons. The minimum absolute atomic E-state index is 0.797. The van der Waals surface area contributed by atoms with Gasteiger partial charge in [0.2, 0.25) is 0 Å². The van der Waals surface area contributed by atoms with Crippen LogP contribution < -0.4 is 0 Å². The number of aromatic nitrogens is 2. The van der Waals surface area contributed by atoms with Gasteiger partial charge < -0.3 is 10.1 Å². The predicted octanol–water partition coefficient (Wildman–Crippen LogP) is 0.108. The molecule has 0 unspecified atom stereocenters. The molecule has 1 aromatic rings. The number of fused-ring (bicyclic) bond motifs is 1. The Balaban J connectivity index is 2.37. The van der Waals surface area contributed by atoms with Crippen LogP contribution in [0.25, 0.3) is 0 Å². The minimum atomic E-state index is 0.797. The summed E-state index contributed by atoms with van der Waals surface area (Å²) in [5.74, 6) is 0.